The Bertz CT molecular complexity index is 431. The number of hydrogen-bond acceptors (Lipinski definition) is 3. The molecule has 0 atom stereocenters. The Balaban J connectivity index is 1.69. The van der Waals surface area contributed by atoms with E-state index in [0.29, 0.717) is 5.02 Å². The van der Waals surface area contributed by atoms with Gasteiger partial charge in [0.15, 0.2) is 0 Å². The summed E-state index contributed by atoms with van der Waals surface area (Å²) in [7, 11) is 0. The van der Waals surface area contributed by atoms with Crippen molar-refractivity contribution in [3.05, 3.63) is 28.3 Å². The maximum Gasteiger partial charge on any atom is 0.141 e. The molecule has 0 unspecified atom stereocenters. The van der Waals surface area contributed by atoms with Gasteiger partial charge in [0.1, 0.15) is 5.75 Å². The molecule has 0 amide bonds. The van der Waals surface area contributed by atoms with Crippen LogP contribution >= 0.6 is 11.6 Å². The number of halogens is 1. The molecule has 0 bridgehead atoms. The molecule has 1 aromatic rings. The molecule has 4 heteroatoms. The fourth-order valence-electron chi connectivity index (χ4n) is 2.37. The maximum absolute atomic E-state index is 6.19. The molecule has 3 nitrogen and oxygen atoms in total. The zero-order chi connectivity index (χ0) is 14.4. The van der Waals surface area contributed by atoms with Crippen LogP contribution in [0.15, 0.2) is 12.1 Å². The summed E-state index contributed by atoms with van der Waals surface area (Å²) in [5.74, 6) is 0.845. The van der Waals surface area contributed by atoms with Crippen LogP contribution in [0.5, 0.6) is 5.75 Å². The van der Waals surface area contributed by atoms with Crippen molar-refractivity contribution in [3.8, 4) is 5.75 Å². The molecule has 0 N–H and O–H groups in total. The number of hydrogen-bond donors (Lipinski definition) is 0. The second-order valence-corrected chi connectivity index (χ2v) is 5.74. The molecule has 112 valence electrons. The fourth-order valence-corrected chi connectivity index (χ4v) is 2.63. The molecule has 2 rings (SSSR count). The molecule has 1 aliphatic rings. The lowest BCUT2D eigenvalue weighted by Gasteiger charge is -2.26. The Hall–Kier alpha value is -0.770. The molecule has 1 saturated heterocycles. The van der Waals surface area contributed by atoms with Crippen molar-refractivity contribution in [2.45, 2.75) is 26.7 Å². The maximum atomic E-state index is 6.19. The monoisotopic (exact) mass is 297 g/mol. The lowest BCUT2D eigenvalue weighted by Crippen LogP contribution is -2.36. The lowest BCUT2D eigenvalue weighted by molar-refractivity contribution is 0.0368. The summed E-state index contributed by atoms with van der Waals surface area (Å²) in [5, 5.41) is 0.710. The van der Waals surface area contributed by atoms with Gasteiger partial charge < -0.3 is 9.47 Å². The van der Waals surface area contributed by atoms with Gasteiger partial charge in [0.25, 0.3) is 0 Å². The minimum Gasteiger partial charge on any atom is -0.492 e. The van der Waals surface area contributed by atoms with Gasteiger partial charge in [-0.1, -0.05) is 17.7 Å². The first-order valence-corrected chi connectivity index (χ1v) is 7.75. The predicted molar refractivity (Wildman–Crippen MR) is 82.9 cm³/mol. The first kappa shape index (κ1) is 15.6. The number of benzene rings is 1. The van der Waals surface area contributed by atoms with E-state index in [-0.39, 0.29) is 0 Å². The van der Waals surface area contributed by atoms with Crippen LogP contribution in [-0.2, 0) is 4.74 Å². The van der Waals surface area contributed by atoms with Crippen molar-refractivity contribution in [3.63, 3.8) is 0 Å². The number of unbranched alkanes of at least 4 members (excludes halogenated alkanes) is 1. The molecule has 0 aromatic heterocycles. The predicted octanol–water partition coefficient (Wildman–Crippen LogP) is 3.45. The number of aryl methyl sites for hydroxylation is 1. The highest BCUT2D eigenvalue weighted by Crippen LogP contribution is 2.30. The van der Waals surface area contributed by atoms with Crippen molar-refractivity contribution in [1.29, 1.82) is 0 Å². The van der Waals surface area contributed by atoms with Crippen LogP contribution < -0.4 is 4.74 Å². The minimum absolute atomic E-state index is 0.710. The summed E-state index contributed by atoms with van der Waals surface area (Å²) in [6.07, 6.45) is 2.21. The van der Waals surface area contributed by atoms with Crippen LogP contribution in [-0.4, -0.2) is 44.4 Å². The van der Waals surface area contributed by atoms with Gasteiger partial charge in [0, 0.05) is 13.1 Å². The summed E-state index contributed by atoms with van der Waals surface area (Å²) in [4.78, 5) is 2.45. The molecular formula is C16H24ClNO2. The van der Waals surface area contributed by atoms with E-state index in [1.54, 1.807) is 0 Å². The van der Waals surface area contributed by atoms with Crippen molar-refractivity contribution in [2.75, 3.05) is 39.5 Å². The molecular weight excluding hydrogens is 274 g/mol. The van der Waals surface area contributed by atoms with Gasteiger partial charge in [0.2, 0.25) is 0 Å². The van der Waals surface area contributed by atoms with Gasteiger partial charge in [0.05, 0.1) is 24.8 Å². The summed E-state index contributed by atoms with van der Waals surface area (Å²) in [5.41, 5.74) is 2.36. The second-order valence-electron chi connectivity index (χ2n) is 5.33. The SMILES string of the molecule is Cc1ccc(Cl)c(OCCCCN2CCOCC2)c1C. The number of nitrogens with zero attached hydrogens (tertiary/aromatic N) is 1. The van der Waals surface area contributed by atoms with E-state index in [2.05, 4.69) is 18.7 Å². The van der Waals surface area contributed by atoms with E-state index >= 15 is 0 Å². The molecule has 1 heterocycles. The summed E-state index contributed by atoms with van der Waals surface area (Å²) in [6.45, 7) is 9.86. The van der Waals surface area contributed by atoms with E-state index in [9.17, 15) is 0 Å². The highest BCUT2D eigenvalue weighted by atomic mass is 35.5. The normalized spacial score (nSPS) is 16.4. The third-order valence-corrected chi connectivity index (χ3v) is 4.15. The van der Waals surface area contributed by atoms with Crippen molar-refractivity contribution < 1.29 is 9.47 Å². The Morgan fingerprint density at radius 1 is 1.20 bits per heavy atom. The fraction of sp³-hybridized carbons (Fsp3) is 0.625. The van der Waals surface area contributed by atoms with E-state index in [1.165, 1.54) is 5.56 Å². The van der Waals surface area contributed by atoms with E-state index in [1.807, 2.05) is 12.1 Å². The average Bonchev–Trinajstić information content (AvgIpc) is 2.47. The molecule has 20 heavy (non-hydrogen) atoms. The third-order valence-electron chi connectivity index (χ3n) is 3.85. The molecule has 1 aliphatic heterocycles. The second kappa shape index (κ2) is 7.87. The molecule has 1 aromatic carbocycles. The standard InChI is InChI=1S/C16H24ClNO2/c1-13-5-6-15(17)16(14(13)2)20-10-4-3-7-18-8-11-19-12-9-18/h5-6H,3-4,7-12H2,1-2H3. The zero-order valence-electron chi connectivity index (χ0n) is 12.5. The zero-order valence-corrected chi connectivity index (χ0v) is 13.2. The molecule has 0 radical (unpaired) electrons. The highest BCUT2D eigenvalue weighted by Gasteiger charge is 2.10. The summed E-state index contributed by atoms with van der Waals surface area (Å²) >= 11 is 6.19. The van der Waals surface area contributed by atoms with Gasteiger partial charge in [-0.05, 0) is 50.4 Å². The van der Waals surface area contributed by atoms with Crippen molar-refractivity contribution in [2.24, 2.45) is 0 Å². The Labute approximate surface area is 126 Å². The molecule has 0 aliphatic carbocycles. The van der Waals surface area contributed by atoms with Crippen LogP contribution in [0.2, 0.25) is 5.02 Å². The first-order valence-electron chi connectivity index (χ1n) is 7.37. The average molecular weight is 298 g/mol. The van der Waals surface area contributed by atoms with Crippen LogP contribution in [0.1, 0.15) is 24.0 Å². The van der Waals surface area contributed by atoms with Crippen LogP contribution in [0, 0.1) is 13.8 Å². The molecule has 1 fully saturated rings. The Morgan fingerprint density at radius 2 is 1.95 bits per heavy atom. The first-order chi connectivity index (χ1) is 9.68. The Morgan fingerprint density at radius 3 is 2.70 bits per heavy atom. The minimum atomic E-state index is 0.710. The van der Waals surface area contributed by atoms with Crippen LogP contribution in [0.4, 0.5) is 0 Å². The number of rotatable bonds is 6. The van der Waals surface area contributed by atoms with Gasteiger partial charge in [-0.3, -0.25) is 4.90 Å². The van der Waals surface area contributed by atoms with Gasteiger partial charge in [-0.2, -0.15) is 0 Å². The van der Waals surface area contributed by atoms with Crippen LogP contribution in [0.3, 0.4) is 0 Å². The van der Waals surface area contributed by atoms with Gasteiger partial charge in [-0.15, -0.1) is 0 Å². The van der Waals surface area contributed by atoms with Crippen molar-refractivity contribution in [1.82, 2.24) is 4.90 Å². The molecule has 0 spiro atoms. The van der Waals surface area contributed by atoms with E-state index < -0.39 is 0 Å². The van der Waals surface area contributed by atoms with Gasteiger partial charge >= 0.3 is 0 Å². The lowest BCUT2D eigenvalue weighted by atomic mass is 10.1. The smallest absolute Gasteiger partial charge is 0.141 e. The van der Waals surface area contributed by atoms with E-state index in [0.717, 1.165) is 63.6 Å². The number of morpholine rings is 1. The van der Waals surface area contributed by atoms with Crippen LogP contribution in [0.25, 0.3) is 0 Å². The highest BCUT2D eigenvalue weighted by molar-refractivity contribution is 6.32. The molecule has 0 saturated carbocycles. The Kier molecular flexibility index (Phi) is 6.14. The van der Waals surface area contributed by atoms with Crippen molar-refractivity contribution >= 4 is 11.6 Å². The van der Waals surface area contributed by atoms with E-state index in [4.69, 9.17) is 21.1 Å². The summed E-state index contributed by atoms with van der Waals surface area (Å²) < 4.78 is 11.2. The quantitative estimate of drug-likeness (QED) is 0.751. The third kappa shape index (κ3) is 4.37. The topological polar surface area (TPSA) is 21.7 Å². The van der Waals surface area contributed by atoms with Gasteiger partial charge in [-0.25, -0.2) is 0 Å². The summed E-state index contributed by atoms with van der Waals surface area (Å²) in [6, 6.07) is 3.94. The number of ether oxygens (including phenoxy) is 2. The largest absolute Gasteiger partial charge is 0.492 e.